The number of carbonyl (C=O) groups is 1. The van der Waals surface area contributed by atoms with Gasteiger partial charge >= 0.3 is 5.97 Å². The Morgan fingerprint density at radius 1 is 1.50 bits per heavy atom. The van der Waals surface area contributed by atoms with E-state index in [2.05, 4.69) is 0 Å². The standard InChI is InChI=1S/C12H20O4/c1-3-5-10(12(13)14-4-2)6-7-11-15-8-9-16-11/h3,5,10-11H,4,6-9H2,1-2H3/b5-3+. The summed E-state index contributed by atoms with van der Waals surface area (Å²) in [5.74, 6) is -0.351. The summed E-state index contributed by atoms with van der Waals surface area (Å²) in [4.78, 5) is 11.6. The highest BCUT2D eigenvalue weighted by atomic mass is 16.7. The maximum atomic E-state index is 11.6. The second-order valence-corrected chi connectivity index (χ2v) is 3.63. The number of esters is 1. The lowest BCUT2D eigenvalue weighted by atomic mass is 10.0. The topological polar surface area (TPSA) is 44.8 Å². The van der Waals surface area contributed by atoms with Crippen molar-refractivity contribution in [3.8, 4) is 0 Å². The van der Waals surface area contributed by atoms with E-state index in [1.165, 1.54) is 0 Å². The predicted molar refractivity (Wildman–Crippen MR) is 59.9 cm³/mol. The quantitative estimate of drug-likeness (QED) is 0.514. The highest BCUT2D eigenvalue weighted by Crippen LogP contribution is 2.17. The largest absolute Gasteiger partial charge is 0.466 e. The zero-order valence-electron chi connectivity index (χ0n) is 9.98. The first-order valence-electron chi connectivity index (χ1n) is 5.80. The summed E-state index contributed by atoms with van der Waals surface area (Å²) < 4.78 is 15.6. The van der Waals surface area contributed by atoms with Crippen molar-refractivity contribution in [2.24, 2.45) is 5.92 Å². The van der Waals surface area contributed by atoms with Crippen LogP contribution in [0.1, 0.15) is 26.7 Å². The lowest BCUT2D eigenvalue weighted by molar-refractivity contribution is -0.147. The predicted octanol–water partition coefficient (Wildman–Crippen LogP) is 1.89. The van der Waals surface area contributed by atoms with Crippen LogP contribution in [0, 0.1) is 5.92 Å². The number of rotatable bonds is 6. The third-order valence-electron chi connectivity index (χ3n) is 2.42. The maximum absolute atomic E-state index is 11.6. The second kappa shape index (κ2) is 7.41. The summed E-state index contributed by atoms with van der Waals surface area (Å²) in [5, 5.41) is 0. The molecule has 1 rings (SSSR count). The van der Waals surface area contributed by atoms with Gasteiger partial charge in [0, 0.05) is 0 Å². The van der Waals surface area contributed by atoms with Crippen LogP contribution in [-0.2, 0) is 19.0 Å². The maximum Gasteiger partial charge on any atom is 0.312 e. The van der Waals surface area contributed by atoms with Crippen LogP contribution in [0.3, 0.4) is 0 Å². The molecule has 0 aromatic heterocycles. The van der Waals surface area contributed by atoms with Crippen molar-refractivity contribution in [1.82, 2.24) is 0 Å². The molecule has 1 aliphatic heterocycles. The fraction of sp³-hybridized carbons (Fsp3) is 0.750. The Kier molecular flexibility index (Phi) is 6.11. The SMILES string of the molecule is C/C=C/C(CCC1OCCO1)C(=O)OCC. The molecule has 4 nitrogen and oxygen atoms in total. The third-order valence-corrected chi connectivity index (χ3v) is 2.42. The minimum absolute atomic E-state index is 0.151. The first-order valence-corrected chi connectivity index (χ1v) is 5.80. The summed E-state index contributed by atoms with van der Waals surface area (Å²) in [5.41, 5.74) is 0. The van der Waals surface area contributed by atoms with Crippen LogP contribution in [-0.4, -0.2) is 32.1 Å². The third kappa shape index (κ3) is 4.33. The fourth-order valence-corrected chi connectivity index (χ4v) is 1.66. The van der Waals surface area contributed by atoms with E-state index in [0.717, 1.165) is 6.42 Å². The van der Waals surface area contributed by atoms with E-state index in [-0.39, 0.29) is 18.2 Å². The molecule has 0 saturated carbocycles. The van der Waals surface area contributed by atoms with E-state index < -0.39 is 0 Å². The van der Waals surface area contributed by atoms with Crippen molar-refractivity contribution < 1.29 is 19.0 Å². The summed E-state index contributed by atoms with van der Waals surface area (Å²) in [7, 11) is 0. The summed E-state index contributed by atoms with van der Waals surface area (Å²) in [6.45, 7) is 5.43. The van der Waals surface area contributed by atoms with Gasteiger partial charge in [0.2, 0.25) is 0 Å². The number of carbonyl (C=O) groups excluding carboxylic acids is 1. The fourth-order valence-electron chi connectivity index (χ4n) is 1.66. The molecule has 4 heteroatoms. The molecular weight excluding hydrogens is 208 g/mol. The van der Waals surface area contributed by atoms with Crippen molar-refractivity contribution in [1.29, 1.82) is 0 Å². The highest BCUT2D eigenvalue weighted by molar-refractivity contribution is 5.74. The lowest BCUT2D eigenvalue weighted by Gasteiger charge is -2.14. The average molecular weight is 228 g/mol. The molecule has 0 aromatic carbocycles. The summed E-state index contributed by atoms with van der Waals surface area (Å²) in [6, 6.07) is 0. The molecule has 0 radical (unpaired) electrons. The van der Waals surface area contributed by atoms with Crippen LogP contribution in [0.15, 0.2) is 12.2 Å². The van der Waals surface area contributed by atoms with E-state index in [1.807, 2.05) is 26.0 Å². The smallest absolute Gasteiger partial charge is 0.312 e. The Morgan fingerprint density at radius 2 is 2.19 bits per heavy atom. The molecule has 0 bridgehead atoms. The average Bonchev–Trinajstić information content (AvgIpc) is 2.77. The van der Waals surface area contributed by atoms with Gasteiger partial charge < -0.3 is 14.2 Å². The van der Waals surface area contributed by atoms with Crippen LogP contribution >= 0.6 is 0 Å². The number of ether oxygens (including phenoxy) is 3. The van der Waals surface area contributed by atoms with Gasteiger partial charge in [0.1, 0.15) is 0 Å². The molecule has 1 aliphatic rings. The van der Waals surface area contributed by atoms with Gasteiger partial charge in [-0.3, -0.25) is 4.79 Å². The number of hydrogen-bond acceptors (Lipinski definition) is 4. The minimum atomic E-state index is -0.183. The molecule has 1 heterocycles. The van der Waals surface area contributed by atoms with Gasteiger partial charge in [0.25, 0.3) is 0 Å². The molecule has 1 unspecified atom stereocenters. The Labute approximate surface area is 96.6 Å². The van der Waals surface area contributed by atoms with Gasteiger partial charge in [-0.15, -0.1) is 0 Å². The minimum Gasteiger partial charge on any atom is -0.466 e. The zero-order chi connectivity index (χ0) is 11.8. The van der Waals surface area contributed by atoms with E-state index in [9.17, 15) is 4.79 Å². The van der Waals surface area contributed by atoms with Crippen molar-refractivity contribution in [3.63, 3.8) is 0 Å². The van der Waals surface area contributed by atoms with Crippen LogP contribution in [0.2, 0.25) is 0 Å². The molecule has 1 saturated heterocycles. The normalized spacial score (nSPS) is 19.1. The molecular formula is C12H20O4. The molecule has 0 spiro atoms. The lowest BCUT2D eigenvalue weighted by Crippen LogP contribution is -2.18. The molecule has 1 fully saturated rings. The number of allylic oxidation sites excluding steroid dienone is 1. The Morgan fingerprint density at radius 3 is 2.75 bits per heavy atom. The summed E-state index contributed by atoms with van der Waals surface area (Å²) in [6.07, 6.45) is 5.02. The van der Waals surface area contributed by atoms with Crippen LogP contribution in [0.5, 0.6) is 0 Å². The first-order chi connectivity index (χ1) is 7.77. The molecule has 0 aromatic rings. The molecule has 1 atom stereocenters. The zero-order valence-corrected chi connectivity index (χ0v) is 9.98. The number of hydrogen-bond donors (Lipinski definition) is 0. The summed E-state index contributed by atoms with van der Waals surface area (Å²) >= 11 is 0. The first kappa shape index (κ1) is 13.2. The molecule has 16 heavy (non-hydrogen) atoms. The van der Waals surface area contributed by atoms with Crippen molar-refractivity contribution in [2.75, 3.05) is 19.8 Å². The highest BCUT2D eigenvalue weighted by Gasteiger charge is 2.21. The van der Waals surface area contributed by atoms with E-state index in [4.69, 9.17) is 14.2 Å². The van der Waals surface area contributed by atoms with Gasteiger partial charge in [-0.25, -0.2) is 0 Å². The second-order valence-electron chi connectivity index (χ2n) is 3.63. The van der Waals surface area contributed by atoms with E-state index in [1.54, 1.807) is 0 Å². The molecule has 0 amide bonds. The van der Waals surface area contributed by atoms with Gasteiger partial charge in [-0.1, -0.05) is 12.2 Å². The van der Waals surface area contributed by atoms with Crippen molar-refractivity contribution in [2.45, 2.75) is 33.0 Å². The van der Waals surface area contributed by atoms with Gasteiger partial charge in [-0.2, -0.15) is 0 Å². The molecule has 0 N–H and O–H groups in total. The van der Waals surface area contributed by atoms with Gasteiger partial charge in [-0.05, 0) is 26.7 Å². The van der Waals surface area contributed by atoms with Crippen molar-refractivity contribution in [3.05, 3.63) is 12.2 Å². The van der Waals surface area contributed by atoms with Gasteiger partial charge in [0.05, 0.1) is 25.7 Å². The Hall–Kier alpha value is -0.870. The Bertz CT molecular complexity index is 231. The van der Waals surface area contributed by atoms with E-state index in [0.29, 0.717) is 26.2 Å². The molecule has 92 valence electrons. The van der Waals surface area contributed by atoms with E-state index >= 15 is 0 Å². The molecule has 0 aliphatic carbocycles. The van der Waals surface area contributed by atoms with Crippen LogP contribution < -0.4 is 0 Å². The van der Waals surface area contributed by atoms with Gasteiger partial charge in [0.15, 0.2) is 6.29 Å². The van der Waals surface area contributed by atoms with Crippen molar-refractivity contribution >= 4 is 5.97 Å². The van der Waals surface area contributed by atoms with Crippen LogP contribution in [0.4, 0.5) is 0 Å². The van der Waals surface area contributed by atoms with Crippen LogP contribution in [0.25, 0.3) is 0 Å². The monoisotopic (exact) mass is 228 g/mol. The Balaban J connectivity index is 2.34.